The highest BCUT2D eigenvalue weighted by atomic mass is 127. The first-order chi connectivity index (χ1) is 22.1. The minimum atomic E-state index is -1.16. The van der Waals surface area contributed by atoms with Crippen molar-refractivity contribution in [3.05, 3.63) is 90.6 Å². The molecule has 244 valence electrons. The number of urea groups is 1. The van der Waals surface area contributed by atoms with Crippen LogP contribution < -0.4 is 35.0 Å². The largest absolute Gasteiger partial charge is 0.493 e. The fourth-order valence-corrected chi connectivity index (χ4v) is 5.26. The van der Waals surface area contributed by atoms with E-state index in [0.29, 0.717) is 57.5 Å². The second kappa shape index (κ2) is 16.5. The Bertz CT molecular complexity index is 1620. The fourth-order valence-electron chi connectivity index (χ4n) is 4.48. The van der Waals surface area contributed by atoms with Crippen molar-refractivity contribution in [2.45, 2.75) is 32.7 Å². The Hall–Kier alpha value is -4.02. The van der Waals surface area contributed by atoms with E-state index in [0.717, 1.165) is 9.13 Å². The van der Waals surface area contributed by atoms with Crippen molar-refractivity contribution >= 4 is 56.7 Å². The average molecular weight is 809 g/mol. The van der Waals surface area contributed by atoms with Gasteiger partial charge in [-0.15, -0.1) is 0 Å². The van der Waals surface area contributed by atoms with E-state index in [1.165, 1.54) is 13.3 Å². The highest BCUT2D eigenvalue weighted by Gasteiger charge is 2.32. The van der Waals surface area contributed by atoms with E-state index in [9.17, 15) is 14.7 Å². The third kappa shape index (κ3) is 9.04. The molecule has 1 aliphatic heterocycles. The van der Waals surface area contributed by atoms with Crippen LogP contribution in [0.3, 0.4) is 0 Å². The maximum absolute atomic E-state index is 12.5. The summed E-state index contributed by atoms with van der Waals surface area (Å²) in [7, 11) is 2.83. The summed E-state index contributed by atoms with van der Waals surface area (Å²) in [5, 5.41) is 20.0. The summed E-state index contributed by atoms with van der Waals surface area (Å²) < 4.78 is 29.9. The summed E-state index contributed by atoms with van der Waals surface area (Å²) in [6.07, 6.45) is 0.365. The summed E-state index contributed by atoms with van der Waals surface area (Å²) in [5.41, 5.74) is 5.60. The molecule has 4 N–H and O–H groups in total. The molecule has 0 saturated carbocycles. The topological polar surface area (TPSA) is 149 Å². The molecule has 3 aromatic rings. The summed E-state index contributed by atoms with van der Waals surface area (Å²) in [5.74, 6) is 1.24. The van der Waals surface area contributed by atoms with Gasteiger partial charge in [-0.1, -0.05) is 18.2 Å². The van der Waals surface area contributed by atoms with Gasteiger partial charge in [-0.25, -0.2) is 9.59 Å². The number of ether oxygens (including phenoxy) is 5. The third-order valence-corrected chi connectivity index (χ3v) is 8.10. The van der Waals surface area contributed by atoms with Crippen LogP contribution in [0.4, 0.5) is 4.79 Å². The normalized spacial score (nSPS) is 15.1. The lowest BCUT2D eigenvalue weighted by atomic mass is 9.95. The van der Waals surface area contributed by atoms with Crippen molar-refractivity contribution in [1.29, 1.82) is 0 Å². The van der Waals surface area contributed by atoms with E-state index < -0.39 is 24.3 Å². The number of amides is 2. The molecule has 46 heavy (non-hydrogen) atoms. The smallest absolute Gasteiger partial charge is 0.337 e. The van der Waals surface area contributed by atoms with E-state index in [1.54, 1.807) is 44.4 Å². The van der Waals surface area contributed by atoms with Crippen molar-refractivity contribution in [2.24, 2.45) is 5.10 Å². The number of aliphatic hydroxyl groups is 1. The molecule has 12 nitrogen and oxygen atoms in total. The molecule has 0 unspecified atom stereocenters. The van der Waals surface area contributed by atoms with Crippen molar-refractivity contribution < 1.29 is 38.4 Å². The summed E-state index contributed by atoms with van der Waals surface area (Å²) in [6, 6.07) is 15.4. The number of methoxy groups -OCH3 is 2. The van der Waals surface area contributed by atoms with Crippen LogP contribution in [0.5, 0.6) is 23.0 Å². The molecule has 0 spiro atoms. The van der Waals surface area contributed by atoms with Gasteiger partial charge in [0.25, 0.3) is 0 Å². The van der Waals surface area contributed by atoms with E-state index in [1.807, 2.05) is 31.2 Å². The van der Waals surface area contributed by atoms with Gasteiger partial charge in [0, 0.05) is 19.3 Å². The van der Waals surface area contributed by atoms with Crippen molar-refractivity contribution in [3.63, 3.8) is 0 Å². The molecular weight excluding hydrogens is 775 g/mol. The summed E-state index contributed by atoms with van der Waals surface area (Å²) in [4.78, 5) is 24.6. The molecule has 0 saturated heterocycles. The second-order valence-corrected chi connectivity index (χ2v) is 12.0. The number of hydrogen-bond donors (Lipinski definition) is 4. The molecular formula is C32H34BrIN4O8. The number of benzene rings is 3. The number of carbonyl (C=O) groups excluding carboxylic acids is 2. The first-order valence-electron chi connectivity index (χ1n) is 14.1. The highest BCUT2D eigenvalue weighted by molar-refractivity contribution is 14.1. The van der Waals surface area contributed by atoms with Gasteiger partial charge in [0.1, 0.15) is 13.2 Å². The lowest BCUT2D eigenvalue weighted by molar-refractivity contribution is -0.136. The first-order valence-corrected chi connectivity index (χ1v) is 16.0. The second-order valence-electron chi connectivity index (χ2n) is 9.85. The van der Waals surface area contributed by atoms with Gasteiger partial charge in [0.15, 0.2) is 29.2 Å². The van der Waals surface area contributed by atoms with Crippen molar-refractivity contribution in [3.8, 4) is 23.0 Å². The summed E-state index contributed by atoms with van der Waals surface area (Å²) >= 11 is 5.80. The number of nitrogens with zero attached hydrogens (tertiary/aromatic N) is 1. The van der Waals surface area contributed by atoms with Crippen LogP contribution in [0.15, 0.2) is 75.4 Å². The van der Waals surface area contributed by atoms with Crippen LogP contribution in [0.2, 0.25) is 0 Å². The van der Waals surface area contributed by atoms with Crippen LogP contribution in [0.25, 0.3) is 0 Å². The van der Waals surface area contributed by atoms with E-state index in [-0.39, 0.29) is 12.2 Å². The Morgan fingerprint density at radius 1 is 1.07 bits per heavy atom. The highest BCUT2D eigenvalue weighted by Crippen LogP contribution is 2.35. The Morgan fingerprint density at radius 2 is 1.80 bits per heavy atom. The van der Waals surface area contributed by atoms with Gasteiger partial charge in [-0.05, 0) is 99.9 Å². The zero-order chi connectivity index (χ0) is 33.2. The molecule has 1 heterocycles. The van der Waals surface area contributed by atoms with Crippen LogP contribution in [-0.2, 0) is 16.1 Å². The SMILES string of the molecule is CCOc1cc([C@@H]2NC(=O)NC(C)=C2C(=O)OC)ccc1OC[C@@H](O)N/N=C\c1cc(OC)c(OCc2ccc(I)cc2)cc1Br. The lowest BCUT2D eigenvalue weighted by Crippen LogP contribution is -2.45. The fraction of sp³-hybridized carbons (Fsp3) is 0.281. The number of allylic oxidation sites excluding steroid dienone is 1. The number of carbonyl (C=O) groups is 2. The van der Waals surface area contributed by atoms with E-state index >= 15 is 0 Å². The maximum atomic E-state index is 12.5. The van der Waals surface area contributed by atoms with Gasteiger partial charge in [-0.2, -0.15) is 5.10 Å². The van der Waals surface area contributed by atoms with Gasteiger partial charge >= 0.3 is 12.0 Å². The molecule has 3 aromatic carbocycles. The Morgan fingerprint density at radius 3 is 2.50 bits per heavy atom. The number of hydrogen-bond acceptors (Lipinski definition) is 10. The predicted molar refractivity (Wildman–Crippen MR) is 183 cm³/mol. The number of halogens is 2. The average Bonchev–Trinajstić information content (AvgIpc) is 3.04. The molecule has 0 radical (unpaired) electrons. The first kappa shape index (κ1) is 34.8. The van der Waals surface area contributed by atoms with Gasteiger partial charge in [0.2, 0.25) is 0 Å². The third-order valence-electron chi connectivity index (χ3n) is 6.69. The summed E-state index contributed by atoms with van der Waals surface area (Å²) in [6.45, 7) is 3.99. The van der Waals surface area contributed by atoms with Crippen LogP contribution in [0.1, 0.15) is 36.6 Å². The van der Waals surface area contributed by atoms with Crippen LogP contribution in [-0.4, -0.2) is 57.0 Å². The maximum Gasteiger partial charge on any atom is 0.337 e. The molecule has 4 rings (SSSR count). The molecule has 0 bridgehead atoms. The molecule has 2 amide bonds. The minimum Gasteiger partial charge on any atom is -0.493 e. The standard InChI is InChI=1S/C32H34BrIN4O8/c1-5-44-26-12-20(30-29(31(40)43-4)18(2)36-32(41)37-30)8-11-24(26)46-17-28(39)38-35-15-21-13-25(42-3)27(14-23(21)33)45-16-19-6-9-22(34)10-7-19/h6-15,28,30,38-39H,5,16-17H2,1-4H3,(H2,36,37,41)/b35-15-/t28-,30+/m1/s1. The lowest BCUT2D eigenvalue weighted by Gasteiger charge is -2.28. The Kier molecular flexibility index (Phi) is 12.5. The number of rotatable bonds is 14. The molecule has 1 aliphatic rings. The molecule has 0 fully saturated rings. The van der Waals surface area contributed by atoms with Gasteiger partial charge < -0.3 is 39.4 Å². The molecule has 14 heteroatoms. The van der Waals surface area contributed by atoms with Crippen molar-refractivity contribution in [1.82, 2.24) is 16.1 Å². The minimum absolute atomic E-state index is 0.164. The number of hydrazone groups is 1. The Labute approximate surface area is 288 Å². The monoisotopic (exact) mass is 808 g/mol. The Balaban J connectivity index is 1.39. The van der Waals surface area contributed by atoms with Gasteiger partial charge in [-0.3, -0.25) is 5.43 Å². The van der Waals surface area contributed by atoms with E-state index in [4.69, 9.17) is 23.7 Å². The molecule has 0 aliphatic carbocycles. The van der Waals surface area contributed by atoms with Gasteiger partial charge in [0.05, 0.1) is 38.7 Å². The zero-order valence-electron chi connectivity index (χ0n) is 25.6. The number of aliphatic hydroxyl groups excluding tert-OH is 1. The number of nitrogens with one attached hydrogen (secondary N) is 3. The number of esters is 1. The van der Waals surface area contributed by atoms with Crippen molar-refractivity contribution in [2.75, 3.05) is 27.4 Å². The van der Waals surface area contributed by atoms with Crippen LogP contribution in [0, 0.1) is 3.57 Å². The quantitative estimate of drug-likeness (QED) is 0.0570. The predicted octanol–water partition coefficient (Wildman–Crippen LogP) is 5.16. The molecule has 0 aromatic heterocycles. The zero-order valence-corrected chi connectivity index (χ0v) is 29.3. The van der Waals surface area contributed by atoms with E-state index in [2.05, 4.69) is 59.7 Å². The molecule has 2 atom stereocenters. The van der Waals surface area contributed by atoms with Crippen LogP contribution >= 0.6 is 38.5 Å².